The topological polar surface area (TPSA) is 0 Å². The molecule has 2 aromatic rings. The van der Waals surface area contributed by atoms with Crippen molar-refractivity contribution in [3.05, 3.63) is 71.2 Å². The summed E-state index contributed by atoms with van der Waals surface area (Å²) in [7, 11) is 0. The average molecular weight is 408 g/mol. The molecule has 0 aliphatic rings. The Morgan fingerprint density at radius 2 is 1.38 bits per heavy atom. The summed E-state index contributed by atoms with van der Waals surface area (Å²) in [4.78, 5) is 0. The van der Waals surface area contributed by atoms with Gasteiger partial charge in [0.1, 0.15) is 0 Å². The summed E-state index contributed by atoms with van der Waals surface area (Å²) in [5.74, 6) is 0. The quantitative estimate of drug-likeness (QED) is 0.666. The molecule has 0 unspecified atom stereocenters. The zero-order chi connectivity index (χ0) is 15.1. The Morgan fingerprint density at radius 3 is 1.90 bits per heavy atom. The fraction of sp³-hybridized carbons (Fsp3) is 0.263. The second kappa shape index (κ2) is 8.01. The normalized spacial score (nSPS) is 12.4. The van der Waals surface area contributed by atoms with Crippen molar-refractivity contribution in [3.63, 3.8) is 0 Å². The van der Waals surface area contributed by atoms with Gasteiger partial charge in [0.05, 0.1) is 0 Å². The molecule has 0 saturated carbocycles. The predicted octanol–water partition coefficient (Wildman–Crippen LogP) is 3.39. The molecule has 110 valence electrons. The average Bonchev–Trinajstić information content (AvgIpc) is 2.45. The maximum atomic E-state index is 2.49. The monoisotopic (exact) mass is 410 g/mol. The molecular weight excluding hydrogens is 386 g/mol. The second-order valence-electron chi connectivity index (χ2n) is 5.99. The molecule has 0 heterocycles. The van der Waals surface area contributed by atoms with Gasteiger partial charge >= 0.3 is 142 Å². The molecule has 2 heteroatoms. The molecule has 0 aromatic heterocycles. The van der Waals surface area contributed by atoms with Crippen molar-refractivity contribution in [2.75, 3.05) is 0 Å². The standard InChI is InChI=1S/C19H22Se2/c1-19(2,3)14-18(21-17-12-8-5-9-13-17)15-20-16-10-6-4-7-11-16/h4-14H,15H2,1-3H3/b18-14+. The van der Waals surface area contributed by atoms with E-state index < -0.39 is 0 Å². The van der Waals surface area contributed by atoms with Crippen LogP contribution in [0.3, 0.4) is 0 Å². The van der Waals surface area contributed by atoms with Crippen LogP contribution in [0.5, 0.6) is 0 Å². The Morgan fingerprint density at radius 1 is 0.857 bits per heavy atom. The Hall–Kier alpha value is -0.781. The Balaban J connectivity index is 2.08. The van der Waals surface area contributed by atoms with E-state index in [1.165, 1.54) is 14.2 Å². The van der Waals surface area contributed by atoms with Gasteiger partial charge in [0.2, 0.25) is 0 Å². The molecule has 21 heavy (non-hydrogen) atoms. The van der Waals surface area contributed by atoms with Crippen LogP contribution in [0, 0.1) is 5.41 Å². The minimum absolute atomic E-state index is 0.263. The Labute approximate surface area is 141 Å². The summed E-state index contributed by atoms with van der Waals surface area (Å²) in [6, 6.07) is 21.8. The zero-order valence-corrected chi connectivity index (χ0v) is 16.3. The summed E-state index contributed by atoms with van der Waals surface area (Å²) >= 11 is 0.986. The molecule has 0 radical (unpaired) electrons. The fourth-order valence-corrected chi connectivity index (χ4v) is 6.98. The molecule has 2 rings (SSSR count). The van der Waals surface area contributed by atoms with Gasteiger partial charge in [-0.05, 0) is 0 Å². The number of allylic oxidation sites excluding steroid dienone is 2. The number of rotatable bonds is 5. The van der Waals surface area contributed by atoms with Gasteiger partial charge in [-0.2, -0.15) is 0 Å². The molecule has 0 saturated heterocycles. The van der Waals surface area contributed by atoms with Gasteiger partial charge in [0.25, 0.3) is 0 Å². The summed E-state index contributed by atoms with van der Waals surface area (Å²) in [5.41, 5.74) is 0.263. The van der Waals surface area contributed by atoms with Crippen molar-refractivity contribution in [2.45, 2.75) is 26.1 Å². The van der Waals surface area contributed by atoms with Gasteiger partial charge in [-0.3, -0.25) is 0 Å². The van der Waals surface area contributed by atoms with Crippen molar-refractivity contribution in [1.29, 1.82) is 0 Å². The molecule has 0 aliphatic heterocycles. The van der Waals surface area contributed by atoms with Gasteiger partial charge < -0.3 is 0 Å². The molecule has 0 spiro atoms. The zero-order valence-electron chi connectivity index (χ0n) is 12.9. The van der Waals surface area contributed by atoms with Crippen molar-refractivity contribution >= 4 is 38.8 Å². The summed E-state index contributed by atoms with van der Waals surface area (Å²) in [6.07, 6.45) is 2.49. The van der Waals surface area contributed by atoms with Crippen LogP contribution in [0.4, 0.5) is 0 Å². The first-order valence-electron chi connectivity index (χ1n) is 7.15. The van der Waals surface area contributed by atoms with Crippen molar-refractivity contribution in [2.24, 2.45) is 5.41 Å². The Bertz CT molecular complexity index is 566. The van der Waals surface area contributed by atoms with Crippen LogP contribution in [-0.4, -0.2) is 29.9 Å². The summed E-state index contributed by atoms with van der Waals surface area (Å²) in [5, 5.41) is 1.23. The third kappa shape index (κ3) is 6.67. The fourth-order valence-electron chi connectivity index (χ4n) is 1.89. The molecule has 0 nitrogen and oxygen atoms in total. The Kier molecular flexibility index (Phi) is 6.33. The first kappa shape index (κ1) is 16.6. The van der Waals surface area contributed by atoms with E-state index in [1.54, 1.807) is 4.47 Å². The van der Waals surface area contributed by atoms with E-state index in [2.05, 4.69) is 87.5 Å². The maximum absolute atomic E-state index is 2.49. The molecule has 0 fully saturated rings. The predicted molar refractivity (Wildman–Crippen MR) is 96.0 cm³/mol. The summed E-state index contributed by atoms with van der Waals surface area (Å²) in [6.45, 7) is 6.89. The van der Waals surface area contributed by atoms with Crippen LogP contribution in [-0.2, 0) is 0 Å². The molecule has 0 N–H and O–H groups in total. The third-order valence-corrected chi connectivity index (χ3v) is 8.03. The van der Waals surface area contributed by atoms with Gasteiger partial charge in [0.15, 0.2) is 0 Å². The van der Waals surface area contributed by atoms with E-state index in [4.69, 9.17) is 0 Å². The second-order valence-corrected chi connectivity index (χ2v) is 10.7. The van der Waals surface area contributed by atoms with Crippen LogP contribution >= 0.6 is 0 Å². The van der Waals surface area contributed by atoms with E-state index in [9.17, 15) is 0 Å². The van der Waals surface area contributed by atoms with Crippen LogP contribution in [0.1, 0.15) is 20.8 Å². The van der Waals surface area contributed by atoms with Crippen LogP contribution in [0.25, 0.3) is 0 Å². The van der Waals surface area contributed by atoms with Crippen molar-refractivity contribution in [3.8, 4) is 0 Å². The molecule has 0 bridgehead atoms. The molecule has 0 atom stereocenters. The molecular formula is C19H22Se2. The van der Waals surface area contributed by atoms with E-state index in [0.29, 0.717) is 29.9 Å². The van der Waals surface area contributed by atoms with E-state index >= 15 is 0 Å². The van der Waals surface area contributed by atoms with E-state index in [1.807, 2.05) is 0 Å². The number of benzene rings is 2. The SMILES string of the molecule is CC(C)(C)/C=C(\C[Se]c1ccccc1)[Se]c1ccccc1. The molecule has 0 amide bonds. The van der Waals surface area contributed by atoms with Gasteiger partial charge in [-0.1, -0.05) is 0 Å². The van der Waals surface area contributed by atoms with Gasteiger partial charge in [-0.25, -0.2) is 0 Å². The molecule has 0 aliphatic carbocycles. The molecule has 2 aromatic carbocycles. The first-order valence-corrected chi connectivity index (χ1v) is 10.9. The summed E-state index contributed by atoms with van der Waals surface area (Å²) < 4.78 is 4.60. The minimum atomic E-state index is 0.263. The number of hydrogen-bond acceptors (Lipinski definition) is 0. The van der Waals surface area contributed by atoms with Crippen molar-refractivity contribution < 1.29 is 0 Å². The van der Waals surface area contributed by atoms with Gasteiger partial charge in [0, 0.05) is 0 Å². The number of hydrogen-bond donors (Lipinski definition) is 0. The van der Waals surface area contributed by atoms with Gasteiger partial charge in [-0.15, -0.1) is 0 Å². The van der Waals surface area contributed by atoms with E-state index in [0.717, 1.165) is 0 Å². The van der Waals surface area contributed by atoms with E-state index in [-0.39, 0.29) is 5.41 Å². The first-order chi connectivity index (χ1) is 10.0. The van der Waals surface area contributed by atoms with Crippen LogP contribution < -0.4 is 8.92 Å². The van der Waals surface area contributed by atoms with Crippen LogP contribution in [0.15, 0.2) is 71.2 Å². The van der Waals surface area contributed by atoms with Crippen molar-refractivity contribution in [1.82, 2.24) is 0 Å². The van der Waals surface area contributed by atoms with Crippen LogP contribution in [0.2, 0.25) is 5.32 Å². The third-order valence-electron chi connectivity index (χ3n) is 2.71.